The molecule has 1 amide bonds. The molecule has 0 radical (unpaired) electrons. The Labute approximate surface area is 159 Å². The third kappa shape index (κ3) is 4.67. The number of anilines is 2. The summed E-state index contributed by atoms with van der Waals surface area (Å²) in [6.45, 7) is 0.583. The second-order valence-electron chi connectivity index (χ2n) is 6.62. The summed E-state index contributed by atoms with van der Waals surface area (Å²) in [4.78, 5) is 13.9. The largest absolute Gasteiger partial charge is 0.417 e. The zero-order chi connectivity index (χ0) is 20.3. The molecule has 0 atom stereocenters. The number of benzene rings is 2. The van der Waals surface area contributed by atoms with E-state index in [1.165, 1.54) is 24.3 Å². The summed E-state index contributed by atoms with van der Waals surface area (Å²) in [5.41, 5.74) is -1.47. The number of nitrogens with zero attached hydrogens (tertiary/aromatic N) is 2. The lowest BCUT2D eigenvalue weighted by molar-refractivity contribution is -0.137. The Balaban J connectivity index is 1.96. The van der Waals surface area contributed by atoms with Crippen LogP contribution in [-0.4, -0.2) is 19.0 Å². The van der Waals surface area contributed by atoms with E-state index in [2.05, 4.69) is 5.32 Å². The van der Waals surface area contributed by atoms with E-state index in [0.717, 1.165) is 42.0 Å². The highest BCUT2D eigenvalue weighted by molar-refractivity contribution is 6.01. The summed E-state index contributed by atoms with van der Waals surface area (Å²) in [5, 5.41) is 12.0. The molecule has 146 valence electrons. The first-order valence-electron chi connectivity index (χ1n) is 8.70. The Hall–Kier alpha value is -2.92. The Morgan fingerprint density at radius 1 is 1.14 bits per heavy atom. The molecule has 28 heavy (non-hydrogen) atoms. The molecular formula is C20H17F4N3O. The topological polar surface area (TPSA) is 56.1 Å². The zero-order valence-corrected chi connectivity index (χ0v) is 14.8. The minimum atomic E-state index is -4.75. The number of nitriles is 1. The van der Waals surface area contributed by atoms with E-state index in [4.69, 9.17) is 5.26 Å². The van der Waals surface area contributed by atoms with E-state index in [1.807, 2.05) is 0 Å². The van der Waals surface area contributed by atoms with Gasteiger partial charge in [0.25, 0.3) is 0 Å². The Kier molecular flexibility index (Phi) is 5.66. The molecule has 8 heteroatoms. The van der Waals surface area contributed by atoms with Crippen molar-refractivity contribution in [3.63, 3.8) is 0 Å². The van der Waals surface area contributed by atoms with Gasteiger partial charge in [0.05, 0.1) is 23.7 Å². The minimum Gasteiger partial charge on any atom is -0.308 e. The predicted octanol–water partition coefficient (Wildman–Crippen LogP) is 4.38. The van der Waals surface area contributed by atoms with Crippen molar-refractivity contribution < 1.29 is 22.4 Å². The number of rotatable bonds is 6. The van der Waals surface area contributed by atoms with Crippen LogP contribution in [-0.2, 0) is 11.0 Å². The minimum absolute atomic E-state index is 0.0452. The highest BCUT2D eigenvalue weighted by Crippen LogP contribution is 2.36. The maximum atomic E-state index is 13.3. The average Bonchev–Trinajstić information content (AvgIpc) is 3.47. The molecule has 0 heterocycles. The van der Waals surface area contributed by atoms with Gasteiger partial charge in [0.1, 0.15) is 5.82 Å². The Morgan fingerprint density at radius 3 is 2.36 bits per heavy atom. The van der Waals surface area contributed by atoms with Crippen molar-refractivity contribution in [1.29, 1.82) is 5.26 Å². The lowest BCUT2D eigenvalue weighted by Gasteiger charge is -2.24. The SMILES string of the molecule is N#Cc1ccc(N(C(=O)CNCC2CC2)c2ccc(F)cc2)cc1C(F)(F)F. The van der Waals surface area contributed by atoms with E-state index < -0.39 is 29.0 Å². The summed E-state index contributed by atoms with van der Waals surface area (Å²) >= 11 is 0. The van der Waals surface area contributed by atoms with E-state index in [0.29, 0.717) is 12.5 Å². The van der Waals surface area contributed by atoms with E-state index >= 15 is 0 Å². The van der Waals surface area contributed by atoms with Crippen LogP contribution in [0, 0.1) is 23.1 Å². The van der Waals surface area contributed by atoms with Gasteiger partial charge >= 0.3 is 6.18 Å². The van der Waals surface area contributed by atoms with E-state index in [-0.39, 0.29) is 17.9 Å². The van der Waals surface area contributed by atoms with Crippen molar-refractivity contribution in [1.82, 2.24) is 5.32 Å². The van der Waals surface area contributed by atoms with Gasteiger partial charge in [0, 0.05) is 11.4 Å². The third-order valence-corrected chi connectivity index (χ3v) is 4.43. The molecular weight excluding hydrogens is 374 g/mol. The molecule has 2 aromatic rings. The summed E-state index contributed by atoms with van der Waals surface area (Å²) in [5.74, 6) is -0.484. The smallest absolute Gasteiger partial charge is 0.308 e. The number of hydrogen-bond acceptors (Lipinski definition) is 3. The molecule has 1 aliphatic carbocycles. The van der Waals surface area contributed by atoms with Crippen LogP contribution in [0.5, 0.6) is 0 Å². The van der Waals surface area contributed by atoms with Crippen molar-refractivity contribution in [2.45, 2.75) is 19.0 Å². The van der Waals surface area contributed by atoms with Crippen LogP contribution >= 0.6 is 0 Å². The van der Waals surface area contributed by atoms with Crippen LogP contribution in [0.4, 0.5) is 28.9 Å². The number of amides is 1. The van der Waals surface area contributed by atoms with Crippen LogP contribution in [0.2, 0.25) is 0 Å². The van der Waals surface area contributed by atoms with Gasteiger partial charge in [-0.2, -0.15) is 18.4 Å². The molecule has 0 aliphatic heterocycles. The Morgan fingerprint density at radius 2 is 1.79 bits per heavy atom. The number of nitrogens with one attached hydrogen (secondary N) is 1. The van der Waals surface area contributed by atoms with Crippen molar-refractivity contribution in [3.05, 3.63) is 59.4 Å². The highest BCUT2D eigenvalue weighted by atomic mass is 19.4. The highest BCUT2D eigenvalue weighted by Gasteiger charge is 2.35. The van der Waals surface area contributed by atoms with Crippen LogP contribution in [0.25, 0.3) is 0 Å². The number of halogens is 4. The second-order valence-corrected chi connectivity index (χ2v) is 6.62. The molecule has 1 saturated carbocycles. The van der Waals surface area contributed by atoms with Crippen LogP contribution in [0.3, 0.4) is 0 Å². The first kappa shape index (κ1) is 19.8. The quantitative estimate of drug-likeness (QED) is 0.744. The molecule has 0 aromatic heterocycles. The van der Waals surface area contributed by atoms with E-state index in [9.17, 15) is 22.4 Å². The summed E-state index contributed by atoms with van der Waals surface area (Å²) < 4.78 is 53.2. The predicted molar refractivity (Wildman–Crippen MR) is 95.3 cm³/mol. The number of carbonyl (C=O) groups excluding carboxylic acids is 1. The van der Waals surface area contributed by atoms with Gasteiger partial charge in [-0.25, -0.2) is 4.39 Å². The van der Waals surface area contributed by atoms with Crippen LogP contribution in [0.15, 0.2) is 42.5 Å². The molecule has 0 unspecified atom stereocenters. The fourth-order valence-electron chi connectivity index (χ4n) is 2.81. The van der Waals surface area contributed by atoms with Crippen LogP contribution in [0.1, 0.15) is 24.0 Å². The van der Waals surface area contributed by atoms with Gasteiger partial charge in [-0.3, -0.25) is 9.69 Å². The van der Waals surface area contributed by atoms with Gasteiger partial charge in [0.2, 0.25) is 5.91 Å². The van der Waals surface area contributed by atoms with Gasteiger partial charge in [-0.1, -0.05) is 0 Å². The normalized spacial score (nSPS) is 13.8. The number of carbonyl (C=O) groups is 1. The van der Waals surface area contributed by atoms with Crippen molar-refractivity contribution in [2.75, 3.05) is 18.0 Å². The summed E-state index contributed by atoms with van der Waals surface area (Å²) in [6.07, 6.45) is -2.57. The Bertz CT molecular complexity index is 899. The molecule has 2 aromatic carbocycles. The van der Waals surface area contributed by atoms with Gasteiger partial charge < -0.3 is 5.32 Å². The van der Waals surface area contributed by atoms with Crippen LogP contribution < -0.4 is 10.2 Å². The molecule has 0 bridgehead atoms. The average molecular weight is 391 g/mol. The lowest BCUT2D eigenvalue weighted by atomic mass is 10.1. The fraction of sp³-hybridized carbons (Fsp3) is 0.300. The number of alkyl halides is 3. The molecule has 1 fully saturated rings. The van der Waals surface area contributed by atoms with Gasteiger partial charge in [-0.15, -0.1) is 0 Å². The van der Waals surface area contributed by atoms with Crippen molar-refractivity contribution >= 4 is 17.3 Å². The fourth-order valence-corrected chi connectivity index (χ4v) is 2.81. The maximum Gasteiger partial charge on any atom is 0.417 e. The molecule has 1 aliphatic rings. The maximum absolute atomic E-state index is 13.3. The second kappa shape index (κ2) is 7.98. The third-order valence-electron chi connectivity index (χ3n) is 4.43. The lowest BCUT2D eigenvalue weighted by Crippen LogP contribution is -2.36. The van der Waals surface area contributed by atoms with Crippen molar-refractivity contribution in [3.8, 4) is 6.07 Å². The first-order valence-corrected chi connectivity index (χ1v) is 8.70. The molecule has 3 rings (SSSR count). The van der Waals surface area contributed by atoms with Gasteiger partial charge in [-0.05, 0) is 67.8 Å². The monoisotopic (exact) mass is 391 g/mol. The summed E-state index contributed by atoms with van der Waals surface area (Å²) in [7, 11) is 0. The molecule has 0 spiro atoms. The summed E-state index contributed by atoms with van der Waals surface area (Å²) in [6, 6.07) is 9.47. The zero-order valence-electron chi connectivity index (χ0n) is 14.8. The van der Waals surface area contributed by atoms with E-state index in [1.54, 1.807) is 0 Å². The van der Waals surface area contributed by atoms with Crippen molar-refractivity contribution in [2.24, 2.45) is 5.92 Å². The standard InChI is InChI=1S/C20H17F4N3O/c21-15-4-7-16(8-5-15)27(19(28)12-26-11-13-1-2-13)17-6-3-14(10-25)18(9-17)20(22,23)24/h3-9,13,26H,1-2,11-12H2. The molecule has 1 N–H and O–H groups in total. The molecule has 4 nitrogen and oxygen atoms in total. The van der Waals surface area contributed by atoms with Gasteiger partial charge in [0.15, 0.2) is 0 Å². The molecule has 0 saturated heterocycles. The number of hydrogen-bond donors (Lipinski definition) is 1. The first-order chi connectivity index (χ1) is 13.3.